The third-order valence-electron chi connectivity index (χ3n) is 6.38. The summed E-state index contributed by atoms with van der Waals surface area (Å²) in [6, 6.07) is 0. The summed E-state index contributed by atoms with van der Waals surface area (Å²) in [6.07, 6.45) is 6.81. The minimum absolute atomic E-state index is 0.111. The topological polar surface area (TPSA) is 144 Å². The SMILES string of the molecule is CCCCCCCCS(=O)(=O)NCCCN(CCCCN(CCCNC(=O)OC(C)(C)C)C(=O)OC(C)(C)C)C(=O)OC(C)(C)C. The van der Waals surface area contributed by atoms with Gasteiger partial charge in [-0.05, 0) is 94.4 Å². The third-order valence-corrected chi connectivity index (χ3v) is 7.85. The van der Waals surface area contributed by atoms with Crippen molar-refractivity contribution in [3.63, 3.8) is 0 Å². The Morgan fingerprint density at radius 3 is 1.43 bits per heavy atom. The molecule has 12 nitrogen and oxygen atoms in total. The predicted octanol–water partition coefficient (Wildman–Crippen LogP) is 6.83. The van der Waals surface area contributed by atoms with Crippen LogP contribution in [0.1, 0.15) is 133 Å². The second kappa shape index (κ2) is 21.6. The number of rotatable bonds is 21. The van der Waals surface area contributed by atoms with Crippen molar-refractivity contribution < 1.29 is 37.0 Å². The number of sulfonamides is 1. The molecule has 0 aliphatic heterocycles. The van der Waals surface area contributed by atoms with Crippen molar-refractivity contribution in [2.75, 3.05) is 45.0 Å². The molecule has 0 aliphatic rings. The number of hydrogen-bond acceptors (Lipinski definition) is 8. The minimum Gasteiger partial charge on any atom is -0.444 e. The van der Waals surface area contributed by atoms with E-state index in [0.29, 0.717) is 64.8 Å². The Balaban J connectivity index is 4.99. The van der Waals surface area contributed by atoms with Gasteiger partial charge in [-0.1, -0.05) is 39.0 Å². The summed E-state index contributed by atoms with van der Waals surface area (Å²) in [4.78, 5) is 41.0. The van der Waals surface area contributed by atoms with E-state index < -0.39 is 45.1 Å². The molecule has 272 valence electrons. The van der Waals surface area contributed by atoms with Crippen molar-refractivity contribution in [2.45, 2.75) is 150 Å². The van der Waals surface area contributed by atoms with Gasteiger partial charge in [0.1, 0.15) is 16.8 Å². The number of carbonyl (C=O) groups excluding carboxylic acids is 3. The lowest BCUT2D eigenvalue weighted by Crippen LogP contribution is -2.41. The highest BCUT2D eigenvalue weighted by Crippen LogP contribution is 2.14. The van der Waals surface area contributed by atoms with Gasteiger partial charge in [-0.15, -0.1) is 0 Å². The van der Waals surface area contributed by atoms with Crippen LogP contribution >= 0.6 is 0 Å². The van der Waals surface area contributed by atoms with Crippen molar-refractivity contribution in [3.8, 4) is 0 Å². The minimum atomic E-state index is -3.36. The molecule has 0 saturated heterocycles. The normalized spacial score (nSPS) is 12.4. The van der Waals surface area contributed by atoms with Crippen LogP contribution < -0.4 is 10.0 Å². The molecule has 0 radical (unpaired) electrons. The number of unbranched alkanes of at least 4 members (excludes halogenated alkanes) is 6. The summed E-state index contributed by atoms with van der Waals surface area (Å²) < 4.78 is 43.9. The summed E-state index contributed by atoms with van der Waals surface area (Å²) in [7, 11) is -3.36. The van der Waals surface area contributed by atoms with Gasteiger partial charge in [-0.25, -0.2) is 27.5 Å². The highest BCUT2D eigenvalue weighted by molar-refractivity contribution is 7.89. The van der Waals surface area contributed by atoms with E-state index in [1.54, 1.807) is 72.1 Å². The number of alkyl carbamates (subject to hydrolysis) is 1. The molecular weight excluding hydrogens is 612 g/mol. The Hall–Kier alpha value is -2.28. The number of nitrogens with one attached hydrogen (secondary N) is 2. The van der Waals surface area contributed by atoms with Gasteiger partial charge in [0, 0.05) is 39.3 Å². The van der Waals surface area contributed by atoms with Crippen LogP contribution in [0.4, 0.5) is 14.4 Å². The number of carbonyl (C=O) groups is 3. The van der Waals surface area contributed by atoms with Gasteiger partial charge in [-0.3, -0.25) is 0 Å². The lowest BCUT2D eigenvalue weighted by atomic mass is 10.1. The maximum absolute atomic E-state index is 12.9. The number of nitrogens with zero attached hydrogens (tertiary/aromatic N) is 2. The van der Waals surface area contributed by atoms with Crippen LogP contribution in [0, 0.1) is 0 Å². The van der Waals surface area contributed by atoms with E-state index in [2.05, 4.69) is 17.0 Å². The molecule has 0 fully saturated rings. The average Bonchev–Trinajstić information content (AvgIpc) is 2.87. The molecule has 0 bridgehead atoms. The summed E-state index contributed by atoms with van der Waals surface area (Å²) in [5, 5.41) is 2.71. The Labute approximate surface area is 280 Å². The Morgan fingerprint density at radius 2 is 0.978 bits per heavy atom. The van der Waals surface area contributed by atoms with Crippen molar-refractivity contribution >= 4 is 28.3 Å². The van der Waals surface area contributed by atoms with Crippen LogP contribution in [0.15, 0.2) is 0 Å². The maximum atomic E-state index is 12.9. The van der Waals surface area contributed by atoms with Crippen LogP contribution in [0.2, 0.25) is 0 Å². The molecule has 3 amide bonds. The van der Waals surface area contributed by atoms with Gasteiger partial charge in [0.15, 0.2) is 0 Å². The first-order valence-electron chi connectivity index (χ1n) is 17.0. The molecule has 0 aromatic heterocycles. The van der Waals surface area contributed by atoms with Crippen molar-refractivity contribution in [3.05, 3.63) is 0 Å². The Bertz CT molecular complexity index is 985. The van der Waals surface area contributed by atoms with Crippen molar-refractivity contribution in [2.24, 2.45) is 0 Å². The molecular formula is C33H66N4O8S. The Morgan fingerprint density at radius 1 is 0.565 bits per heavy atom. The van der Waals surface area contributed by atoms with E-state index in [0.717, 1.165) is 25.7 Å². The van der Waals surface area contributed by atoms with E-state index in [4.69, 9.17) is 14.2 Å². The zero-order chi connectivity index (χ0) is 35.4. The van der Waals surface area contributed by atoms with E-state index in [1.807, 2.05) is 0 Å². The van der Waals surface area contributed by atoms with Crippen LogP contribution in [0.3, 0.4) is 0 Å². The largest absolute Gasteiger partial charge is 0.444 e. The zero-order valence-corrected chi connectivity index (χ0v) is 31.4. The molecule has 0 atom stereocenters. The summed E-state index contributed by atoms with van der Waals surface area (Å²) in [6.45, 7) is 20.4. The first-order valence-corrected chi connectivity index (χ1v) is 18.7. The third kappa shape index (κ3) is 25.9. The molecule has 0 aromatic rings. The standard InChI is InChI=1S/C33H66N4O8S/c1-11-12-13-14-15-18-27-46(41,42)35-22-20-26-37(30(40)45-33(8,9)10)24-17-16-23-36(29(39)44-32(5,6)7)25-19-21-34-28(38)43-31(2,3)4/h35H,11-27H2,1-10H3,(H,34,38). The molecule has 46 heavy (non-hydrogen) atoms. The fourth-order valence-corrected chi connectivity index (χ4v) is 5.45. The fraction of sp³-hybridized carbons (Fsp3) is 0.909. The summed E-state index contributed by atoms with van der Waals surface area (Å²) >= 11 is 0. The van der Waals surface area contributed by atoms with E-state index >= 15 is 0 Å². The molecule has 0 unspecified atom stereocenters. The van der Waals surface area contributed by atoms with Crippen LogP contribution in [-0.2, 0) is 24.2 Å². The highest BCUT2D eigenvalue weighted by atomic mass is 32.2. The quantitative estimate of drug-likeness (QED) is 0.0994. The van der Waals surface area contributed by atoms with Gasteiger partial charge in [0.05, 0.1) is 5.75 Å². The molecule has 0 spiro atoms. The predicted molar refractivity (Wildman–Crippen MR) is 183 cm³/mol. The number of ether oxygens (including phenoxy) is 3. The lowest BCUT2D eigenvalue weighted by Gasteiger charge is -2.29. The Kier molecular flexibility index (Phi) is 20.5. The fourth-order valence-electron chi connectivity index (χ4n) is 4.26. The van der Waals surface area contributed by atoms with Crippen LogP contribution in [0.25, 0.3) is 0 Å². The first-order chi connectivity index (χ1) is 21.1. The van der Waals surface area contributed by atoms with Gasteiger partial charge in [0.2, 0.25) is 10.0 Å². The molecule has 13 heteroatoms. The molecule has 2 N–H and O–H groups in total. The van der Waals surface area contributed by atoms with Gasteiger partial charge in [0.25, 0.3) is 0 Å². The number of hydrogen-bond donors (Lipinski definition) is 2. The molecule has 0 rings (SSSR count). The van der Waals surface area contributed by atoms with E-state index in [9.17, 15) is 22.8 Å². The first kappa shape index (κ1) is 43.7. The maximum Gasteiger partial charge on any atom is 0.410 e. The van der Waals surface area contributed by atoms with Gasteiger partial charge in [-0.2, -0.15) is 0 Å². The second-order valence-corrected chi connectivity index (χ2v) is 16.7. The molecule has 0 saturated carbocycles. The van der Waals surface area contributed by atoms with Gasteiger partial charge >= 0.3 is 18.3 Å². The number of amides is 3. The smallest absolute Gasteiger partial charge is 0.410 e. The van der Waals surface area contributed by atoms with E-state index in [-0.39, 0.29) is 12.3 Å². The average molecular weight is 679 g/mol. The van der Waals surface area contributed by atoms with Gasteiger partial charge < -0.3 is 29.3 Å². The molecule has 0 heterocycles. The van der Waals surface area contributed by atoms with Crippen molar-refractivity contribution in [1.82, 2.24) is 19.8 Å². The van der Waals surface area contributed by atoms with Crippen LogP contribution in [-0.4, -0.2) is 98.3 Å². The molecule has 0 aliphatic carbocycles. The molecule has 0 aromatic carbocycles. The summed E-state index contributed by atoms with van der Waals surface area (Å²) in [5.41, 5.74) is -1.93. The monoisotopic (exact) mass is 678 g/mol. The van der Waals surface area contributed by atoms with E-state index in [1.165, 1.54) is 6.42 Å². The lowest BCUT2D eigenvalue weighted by molar-refractivity contribution is 0.0207. The second-order valence-electron chi connectivity index (χ2n) is 14.8. The van der Waals surface area contributed by atoms with Crippen LogP contribution in [0.5, 0.6) is 0 Å². The van der Waals surface area contributed by atoms with Crippen molar-refractivity contribution in [1.29, 1.82) is 0 Å². The zero-order valence-electron chi connectivity index (χ0n) is 30.6. The highest BCUT2D eigenvalue weighted by Gasteiger charge is 2.24. The summed E-state index contributed by atoms with van der Waals surface area (Å²) in [5.74, 6) is 0.111.